The van der Waals surface area contributed by atoms with Gasteiger partial charge >= 0.3 is 5.97 Å². The lowest BCUT2D eigenvalue weighted by atomic mass is 10.1. The van der Waals surface area contributed by atoms with Crippen LogP contribution in [-0.2, 0) is 14.3 Å². The maximum Gasteiger partial charge on any atom is 0.305 e. The fourth-order valence-corrected chi connectivity index (χ4v) is 1.91. The van der Waals surface area contributed by atoms with E-state index in [0.717, 1.165) is 0 Å². The molecule has 0 saturated carbocycles. The summed E-state index contributed by atoms with van der Waals surface area (Å²) >= 11 is 0. The van der Waals surface area contributed by atoms with E-state index in [9.17, 15) is 14.4 Å². The lowest BCUT2D eigenvalue weighted by Gasteiger charge is -2.35. The van der Waals surface area contributed by atoms with Crippen molar-refractivity contribution in [3.8, 4) is 0 Å². The second-order valence-electron chi connectivity index (χ2n) is 6.14. The molecule has 23 heavy (non-hydrogen) atoms. The normalized spacial score (nSPS) is 10.8. The van der Waals surface area contributed by atoms with Crippen molar-refractivity contribution < 1.29 is 19.1 Å². The van der Waals surface area contributed by atoms with Crippen LogP contribution in [0.25, 0.3) is 0 Å². The van der Waals surface area contributed by atoms with Gasteiger partial charge in [-0.15, -0.1) is 0 Å². The van der Waals surface area contributed by atoms with Crippen molar-refractivity contribution in [2.45, 2.75) is 45.6 Å². The quantitative estimate of drug-likeness (QED) is 0.667. The number of benzene rings is 1. The zero-order chi connectivity index (χ0) is 17.5. The molecule has 0 bridgehead atoms. The topological polar surface area (TPSA) is 75.7 Å². The van der Waals surface area contributed by atoms with E-state index >= 15 is 0 Å². The maximum absolute atomic E-state index is 12.6. The van der Waals surface area contributed by atoms with Gasteiger partial charge in [-0.1, -0.05) is 18.2 Å². The summed E-state index contributed by atoms with van der Waals surface area (Å²) in [5.74, 6) is -0.946. The highest BCUT2D eigenvalue weighted by Gasteiger charge is 2.29. The average Bonchev–Trinajstić information content (AvgIpc) is 2.51. The minimum absolute atomic E-state index is 0.143. The van der Waals surface area contributed by atoms with Gasteiger partial charge in [-0.3, -0.25) is 19.8 Å². The Morgan fingerprint density at radius 2 is 1.70 bits per heavy atom. The van der Waals surface area contributed by atoms with Gasteiger partial charge in [0.1, 0.15) is 0 Å². The number of hydrazine groups is 1. The highest BCUT2D eigenvalue weighted by atomic mass is 16.5. The van der Waals surface area contributed by atoms with E-state index in [1.165, 1.54) is 12.1 Å². The van der Waals surface area contributed by atoms with Gasteiger partial charge in [0.15, 0.2) is 0 Å². The molecule has 0 aliphatic carbocycles. The van der Waals surface area contributed by atoms with Crippen LogP contribution in [0.15, 0.2) is 30.3 Å². The van der Waals surface area contributed by atoms with Crippen molar-refractivity contribution >= 4 is 17.8 Å². The van der Waals surface area contributed by atoms with Crippen LogP contribution in [0.1, 0.15) is 50.4 Å². The van der Waals surface area contributed by atoms with Gasteiger partial charge in [-0.25, -0.2) is 5.01 Å². The van der Waals surface area contributed by atoms with Crippen molar-refractivity contribution in [2.75, 3.05) is 7.11 Å². The third-order valence-corrected chi connectivity index (χ3v) is 3.14. The Bertz CT molecular complexity index is 549. The smallest absolute Gasteiger partial charge is 0.305 e. The summed E-state index contributed by atoms with van der Waals surface area (Å²) in [6.45, 7) is 5.51. The van der Waals surface area contributed by atoms with E-state index in [1.807, 2.05) is 26.8 Å². The molecular weight excluding hydrogens is 296 g/mol. The molecule has 2 amide bonds. The zero-order valence-electron chi connectivity index (χ0n) is 14.1. The van der Waals surface area contributed by atoms with Crippen LogP contribution in [0.4, 0.5) is 0 Å². The molecular formula is C17H24N2O4. The number of methoxy groups -OCH3 is 1. The molecule has 0 heterocycles. The molecule has 1 aromatic rings. The molecule has 0 saturated heterocycles. The number of amides is 2. The summed E-state index contributed by atoms with van der Waals surface area (Å²) in [5.41, 5.74) is 2.56. The summed E-state index contributed by atoms with van der Waals surface area (Å²) in [6, 6.07) is 8.76. The molecule has 126 valence electrons. The molecule has 0 aliphatic heterocycles. The minimum atomic E-state index is -0.578. The Balaban J connectivity index is 2.71. The summed E-state index contributed by atoms with van der Waals surface area (Å²) in [5, 5.41) is 1.32. The molecule has 0 aliphatic rings. The van der Waals surface area contributed by atoms with Crippen LogP contribution in [-0.4, -0.2) is 35.4 Å². The van der Waals surface area contributed by atoms with Gasteiger partial charge in [-0.2, -0.15) is 0 Å². The molecule has 6 heteroatoms. The van der Waals surface area contributed by atoms with E-state index < -0.39 is 5.54 Å². The summed E-state index contributed by atoms with van der Waals surface area (Å²) in [4.78, 5) is 35.7. The van der Waals surface area contributed by atoms with Crippen molar-refractivity contribution in [2.24, 2.45) is 0 Å². The monoisotopic (exact) mass is 320 g/mol. The fraction of sp³-hybridized carbons (Fsp3) is 0.471. The number of carbonyl (C=O) groups is 3. The number of nitrogens with zero attached hydrogens (tertiary/aromatic N) is 1. The molecule has 0 spiro atoms. The second-order valence-corrected chi connectivity index (χ2v) is 6.14. The molecule has 0 radical (unpaired) electrons. The van der Waals surface area contributed by atoms with Crippen molar-refractivity contribution in [1.82, 2.24) is 10.4 Å². The molecule has 0 atom stereocenters. The van der Waals surface area contributed by atoms with Gasteiger partial charge in [0.05, 0.1) is 12.6 Å². The van der Waals surface area contributed by atoms with Gasteiger partial charge in [0.2, 0.25) is 5.91 Å². The van der Waals surface area contributed by atoms with Crippen LogP contribution in [0.2, 0.25) is 0 Å². The zero-order valence-corrected chi connectivity index (χ0v) is 14.1. The molecule has 1 aromatic carbocycles. The largest absolute Gasteiger partial charge is 0.469 e. The van der Waals surface area contributed by atoms with Crippen LogP contribution < -0.4 is 5.43 Å². The Kier molecular flexibility index (Phi) is 6.75. The first kappa shape index (κ1) is 18.7. The van der Waals surface area contributed by atoms with E-state index in [1.54, 1.807) is 24.3 Å². The SMILES string of the molecule is COC(=O)CCCC(=O)NN(C(=O)c1ccccc1)C(C)(C)C. The predicted octanol–water partition coefficient (Wildman–Crippen LogP) is 2.30. The molecule has 0 unspecified atom stereocenters. The highest BCUT2D eigenvalue weighted by molar-refractivity contribution is 5.95. The molecule has 0 fully saturated rings. The molecule has 6 nitrogen and oxygen atoms in total. The van der Waals surface area contributed by atoms with Crippen LogP contribution >= 0.6 is 0 Å². The molecule has 1 rings (SSSR count). The number of esters is 1. The molecule has 0 aromatic heterocycles. The van der Waals surface area contributed by atoms with Crippen LogP contribution in [0.5, 0.6) is 0 Å². The number of ether oxygens (including phenoxy) is 1. The van der Waals surface area contributed by atoms with Gasteiger partial charge < -0.3 is 4.74 Å². The van der Waals surface area contributed by atoms with Crippen LogP contribution in [0, 0.1) is 0 Å². The third-order valence-electron chi connectivity index (χ3n) is 3.14. The number of rotatable bonds is 5. The summed E-state index contributed by atoms with van der Waals surface area (Å²) in [7, 11) is 1.31. The average molecular weight is 320 g/mol. The number of nitrogens with one attached hydrogen (secondary N) is 1. The summed E-state index contributed by atoms with van der Waals surface area (Å²) in [6.07, 6.45) is 0.686. The first-order valence-electron chi connectivity index (χ1n) is 7.51. The Morgan fingerprint density at radius 1 is 1.09 bits per heavy atom. The first-order chi connectivity index (χ1) is 10.8. The van der Waals surface area contributed by atoms with Gasteiger partial charge in [0.25, 0.3) is 5.91 Å². The third kappa shape index (κ3) is 6.10. The van der Waals surface area contributed by atoms with E-state index in [4.69, 9.17) is 0 Å². The lowest BCUT2D eigenvalue weighted by Crippen LogP contribution is -2.55. The Hall–Kier alpha value is -2.37. The van der Waals surface area contributed by atoms with E-state index in [-0.39, 0.29) is 30.6 Å². The maximum atomic E-state index is 12.6. The number of hydrogen-bond donors (Lipinski definition) is 1. The Labute approximate surface area is 136 Å². The van der Waals surface area contributed by atoms with E-state index in [2.05, 4.69) is 10.2 Å². The van der Waals surface area contributed by atoms with Crippen molar-refractivity contribution in [3.63, 3.8) is 0 Å². The van der Waals surface area contributed by atoms with Crippen molar-refractivity contribution in [3.05, 3.63) is 35.9 Å². The number of carbonyl (C=O) groups excluding carboxylic acids is 3. The highest BCUT2D eigenvalue weighted by Crippen LogP contribution is 2.15. The van der Waals surface area contributed by atoms with Crippen molar-refractivity contribution in [1.29, 1.82) is 0 Å². The number of hydrogen-bond acceptors (Lipinski definition) is 4. The van der Waals surface area contributed by atoms with Gasteiger partial charge in [-0.05, 0) is 39.3 Å². The lowest BCUT2D eigenvalue weighted by molar-refractivity contribution is -0.140. The van der Waals surface area contributed by atoms with Crippen LogP contribution in [0.3, 0.4) is 0 Å². The van der Waals surface area contributed by atoms with Gasteiger partial charge in [0, 0.05) is 18.4 Å². The fourth-order valence-electron chi connectivity index (χ4n) is 1.91. The second kappa shape index (κ2) is 8.31. The molecule has 1 N–H and O–H groups in total. The Morgan fingerprint density at radius 3 is 2.22 bits per heavy atom. The first-order valence-corrected chi connectivity index (χ1v) is 7.51. The standard InChI is InChI=1S/C17H24N2O4/c1-17(2,3)19(16(22)13-9-6-5-7-10-13)18-14(20)11-8-12-15(21)23-4/h5-7,9-10H,8,11-12H2,1-4H3,(H,18,20). The minimum Gasteiger partial charge on any atom is -0.469 e. The van der Waals surface area contributed by atoms with E-state index in [0.29, 0.717) is 12.0 Å². The summed E-state index contributed by atoms with van der Waals surface area (Å²) < 4.78 is 4.53. The predicted molar refractivity (Wildman–Crippen MR) is 86.4 cm³/mol.